The molecule has 2 aromatic rings. The van der Waals surface area contributed by atoms with Gasteiger partial charge in [0.15, 0.2) is 0 Å². The Morgan fingerprint density at radius 1 is 1.29 bits per heavy atom. The van der Waals surface area contributed by atoms with E-state index in [-0.39, 0.29) is 5.91 Å². The highest BCUT2D eigenvalue weighted by atomic mass is 16.5. The molecule has 0 saturated carbocycles. The Bertz CT molecular complexity index is 606. The number of benzene rings is 1. The van der Waals surface area contributed by atoms with Crippen molar-refractivity contribution in [3.05, 3.63) is 53.4 Å². The maximum Gasteiger partial charge on any atom is 0.259 e. The predicted molar refractivity (Wildman–Crippen MR) is 80.2 cm³/mol. The zero-order valence-corrected chi connectivity index (χ0v) is 12.3. The Morgan fingerprint density at radius 2 is 2.10 bits per heavy atom. The van der Waals surface area contributed by atoms with Crippen molar-refractivity contribution in [1.29, 1.82) is 0 Å². The Balaban J connectivity index is 1.79. The van der Waals surface area contributed by atoms with Crippen LogP contribution in [0.5, 0.6) is 0 Å². The lowest BCUT2D eigenvalue weighted by atomic mass is 9.94. The summed E-state index contributed by atoms with van der Waals surface area (Å²) in [6.45, 7) is 3.37. The van der Waals surface area contributed by atoms with Crippen molar-refractivity contribution in [2.45, 2.75) is 32.1 Å². The fourth-order valence-electron chi connectivity index (χ4n) is 3.00. The summed E-state index contributed by atoms with van der Waals surface area (Å²) in [5, 5.41) is 3.72. The summed E-state index contributed by atoms with van der Waals surface area (Å²) in [4.78, 5) is 14.6. The second kappa shape index (κ2) is 6.12. The van der Waals surface area contributed by atoms with Gasteiger partial charge in [0.05, 0.1) is 6.20 Å². The molecule has 1 saturated heterocycles. The number of amides is 1. The van der Waals surface area contributed by atoms with Crippen molar-refractivity contribution in [2.24, 2.45) is 0 Å². The van der Waals surface area contributed by atoms with E-state index in [0.717, 1.165) is 32.4 Å². The molecule has 1 aliphatic heterocycles. The largest absolute Gasteiger partial charge is 0.361 e. The number of aromatic nitrogens is 1. The number of carbonyl (C=O) groups excluding carboxylic acids is 1. The quantitative estimate of drug-likeness (QED) is 0.849. The summed E-state index contributed by atoms with van der Waals surface area (Å²) in [6.07, 6.45) is 4.88. The lowest BCUT2D eigenvalue weighted by molar-refractivity contribution is 0.0752. The molecule has 21 heavy (non-hydrogen) atoms. The van der Waals surface area contributed by atoms with Gasteiger partial charge >= 0.3 is 0 Å². The highest BCUT2D eigenvalue weighted by Gasteiger charge is 2.25. The van der Waals surface area contributed by atoms with Gasteiger partial charge in [0.1, 0.15) is 11.3 Å². The van der Waals surface area contributed by atoms with Gasteiger partial charge in [0.2, 0.25) is 0 Å². The first-order chi connectivity index (χ1) is 10.3. The number of rotatable bonds is 2. The van der Waals surface area contributed by atoms with Gasteiger partial charge in [0.25, 0.3) is 5.91 Å². The number of carbonyl (C=O) groups is 1. The van der Waals surface area contributed by atoms with E-state index in [9.17, 15) is 4.79 Å². The lowest BCUT2D eigenvalue weighted by Gasteiger charge is -2.24. The average Bonchev–Trinajstić information content (AvgIpc) is 2.80. The van der Waals surface area contributed by atoms with E-state index in [1.807, 2.05) is 11.0 Å². The summed E-state index contributed by atoms with van der Waals surface area (Å²) >= 11 is 0. The smallest absolute Gasteiger partial charge is 0.259 e. The van der Waals surface area contributed by atoms with Crippen LogP contribution in [0.3, 0.4) is 0 Å². The second-order valence-corrected chi connectivity index (χ2v) is 5.65. The number of aryl methyl sites for hydroxylation is 1. The van der Waals surface area contributed by atoms with E-state index >= 15 is 0 Å². The third-order valence-electron chi connectivity index (χ3n) is 4.21. The van der Waals surface area contributed by atoms with Crippen LogP contribution in [-0.4, -0.2) is 29.1 Å². The molecular weight excluding hydrogens is 264 g/mol. The van der Waals surface area contributed by atoms with Gasteiger partial charge in [-0.15, -0.1) is 0 Å². The SMILES string of the molecule is Cc1oncc1C(=O)N1CCCCC(c2ccccc2)C1. The van der Waals surface area contributed by atoms with Crippen LogP contribution in [0.25, 0.3) is 0 Å². The molecule has 1 fully saturated rings. The molecule has 0 bridgehead atoms. The Kier molecular flexibility index (Phi) is 4.04. The standard InChI is InChI=1S/C17H20N2O2/c1-13-16(11-18-21-13)17(20)19-10-6-5-9-15(12-19)14-7-3-2-4-8-14/h2-4,7-8,11,15H,5-6,9-10,12H2,1H3. The summed E-state index contributed by atoms with van der Waals surface area (Å²) in [6, 6.07) is 10.5. The van der Waals surface area contributed by atoms with Gasteiger partial charge in [-0.2, -0.15) is 0 Å². The second-order valence-electron chi connectivity index (χ2n) is 5.65. The molecule has 1 aromatic heterocycles. The third kappa shape index (κ3) is 2.99. The van der Waals surface area contributed by atoms with Gasteiger partial charge in [0, 0.05) is 19.0 Å². The van der Waals surface area contributed by atoms with Crippen molar-refractivity contribution in [1.82, 2.24) is 10.1 Å². The summed E-state index contributed by atoms with van der Waals surface area (Å²) < 4.78 is 5.02. The van der Waals surface area contributed by atoms with Crippen LogP contribution in [0.4, 0.5) is 0 Å². The zero-order chi connectivity index (χ0) is 14.7. The highest BCUT2D eigenvalue weighted by molar-refractivity contribution is 5.94. The molecular formula is C17H20N2O2. The molecule has 0 radical (unpaired) electrons. The zero-order valence-electron chi connectivity index (χ0n) is 12.3. The molecule has 2 heterocycles. The van der Waals surface area contributed by atoms with E-state index in [1.165, 1.54) is 11.8 Å². The van der Waals surface area contributed by atoms with Crippen molar-refractivity contribution in [2.75, 3.05) is 13.1 Å². The maximum absolute atomic E-state index is 12.6. The van der Waals surface area contributed by atoms with Gasteiger partial charge in [-0.1, -0.05) is 41.9 Å². The lowest BCUT2D eigenvalue weighted by Crippen LogP contribution is -2.34. The van der Waals surface area contributed by atoms with E-state index in [2.05, 4.69) is 29.4 Å². The van der Waals surface area contributed by atoms with E-state index in [4.69, 9.17) is 4.52 Å². The molecule has 1 unspecified atom stereocenters. The molecule has 1 amide bonds. The maximum atomic E-state index is 12.6. The first kappa shape index (κ1) is 13.9. The number of nitrogens with zero attached hydrogens (tertiary/aromatic N) is 2. The number of hydrogen-bond acceptors (Lipinski definition) is 3. The topological polar surface area (TPSA) is 46.3 Å². The molecule has 0 aliphatic carbocycles. The molecule has 1 aromatic carbocycles. The van der Waals surface area contributed by atoms with Crippen LogP contribution in [0.2, 0.25) is 0 Å². The van der Waals surface area contributed by atoms with E-state index in [1.54, 1.807) is 6.92 Å². The molecule has 1 atom stereocenters. The van der Waals surface area contributed by atoms with Gasteiger partial charge in [-0.05, 0) is 25.3 Å². The Hall–Kier alpha value is -2.10. The summed E-state index contributed by atoms with van der Waals surface area (Å²) in [5.74, 6) is 1.05. The first-order valence-corrected chi connectivity index (χ1v) is 7.51. The summed E-state index contributed by atoms with van der Waals surface area (Å²) in [7, 11) is 0. The molecule has 0 N–H and O–H groups in total. The molecule has 3 rings (SSSR count). The van der Waals surface area contributed by atoms with Crippen LogP contribution < -0.4 is 0 Å². The summed E-state index contributed by atoms with van der Waals surface area (Å²) in [5.41, 5.74) is 1.91. The van der Waals surface area contributed by atoms with Gasteiger partial charge < -0.3 is 9.42 Å². The average molecular weight is 284 g/mol. The monoisotopic (exact) mass is 284 g/mol. The van der Waals surface area contributed by atoms with Crippen LogP contribution in [0, 0.1) is 6.92 Å². The minimum absolute atomic E-state index is 0.0385. The molecule has 4 nitrogen and oxygen atoms in total. The molecule has 0 spiro atoms. The van der Waals surface area contributed by atoms with Crippen molar-refractivity contribution >= 4 is 5.91 Å². The molecule has 110 valence electrons. The van der Waals surface area contributed by atoms with Crippen LogP contribution in [0.15, 0.2) is 41.1 Å². The Labute approximate surface area is 124 Å². The minimum atomic E-state index is 0.0385. The molecule has 1 aliphatic rings. The van der Waals surface area contributed by atoms with Crippen LogP contribution in [-0.2, 0) is 0 Å². The van der Waals surface area contributed by atoms with E-state index in [0.29, 0.717) is 17.2 Å². The van der Waals surface area contributed by atoms with Gasteiger partial charge in [-0.3, -0.25) is 4.79 Å². The Morgan fingerprint density at radius 3 is 2.81 bits per heavy atom. The number of likely N-dealkylation sites (tertiary alicyclic amines) is 1. The fourth-order valence-corrected chi connectivity index (χ4v) is 3.00. The fraction of sp³-hybridized carbons (Fsp3) is 0.412. The van der Waals surface area contributed by atoms with Gasteiger partial charge in [-0.25, -0.2) is 0 Å². The predicted octanol–water partition coefficient (Wildman–Crippen LogP) is 3.39. The van der Waals surface area contributed by atoms with Crippen molar-refractivity contribution in [3.63, 3.8) is 0 Å². The normalized spacial score (nSPS) is 19.3. The van der Waals surface area contributed by atoms with E-state index < -0.39 is 0 Å². The highest BCUT2D eigenvalue weighted by Crippen LogP contribution is 2.27. The van der Waals surface area contributed by atoms with Crippen LogP contribution in [0.1, 0.15) is 46.9 Å². The molecule has 4 heteroatoms. The van der Waals surface area contributed by atoms with Crippen molar-refractivity contribution < 1.29 is 9.32 Å². The number of hydrogen-bond donors (Lipinski definition) is 0. The van der Waals surface area contributed by atoms with Crippen molar-refractivity contribution in [3.8, 4) is 0 Å². The first-order valence-electron chi connectivity index (χ1n) is 7.51. The minimum Gasteiger partial charge on any atom is -0.361 e. The third-order valence-corrected chi connectivity index (χ3v) is 4.21. The van der Waals surface area contributed by atoms with Crippen LogP contribution >= 0.6 is 0 Å².